The zero-order valence-electron chi connectivity index (χ0n) is 17.8. The highest BCUT2D eigenvalue weighted by molar-refractivity contribution is 5.82. The Bertz CT molecular complexity index is 784. The Morgan fingerprint density at radius 2 is 1.93 bits per heavy atom. The number of carbonyl (C=O) groups excluding carboxylic acids is 1. The summed E-state index contributed by atoms with van der Waals surface area (Å²) in [5.41, 5.74) is 1.39. The number of nitrogens with zero attached hydrogens (tertiary/aromatic N) is 3. The lowest BCUT2D eigenvalue weighted by molar-refractivity contribution is -0.157. The fourth-order valence-corrected chi connectivity index (χ4v) is 6.05. The van der Waals surface area contributed by atoms with Crippen LogP contribution in [0.5, 0.6) is 0 Å². The van der Waals surface area contributed by atoms with Crippen LogP contribution in [0, 0.1) is 23.2 Å². The summed E-state index contributed by atoms with van der Waals surface area (Å²) in [5.74, 6) is 2.58. The summed E-state index contributed by atoms with van der Waals surface area (Å²) >= 11 is 0. The minimum atomic E-state index is -0.244. The van der Waals surface area contributed by atoms with Gasteiger partial charge in [-0.25, -0.2) is 0 Å². The van der Waals surface area contributed by atoms with E-state index in [1.807, 2.05) is 4.90 Å². The molecule has 0 bridgehead atoms. The molecule has 160 valence electrons. The third-order valence-electron chi connectivity index (χ3n) is 7.97. The van der Waals surface area contributed by atoms with E-state index in [4.69, 9.17) is 4.74 Å². The van der Waals surface area contributed by atoms with Crippen LogP contribution in [0.2, 0.25) is 0 Å². The minimum absolute atomic E-state index is 0.125. The molecule has 5 nitrogen and oxygen atoms in total. The maximum atomic E-state index is 12.6. The van der Waals surface area contributed by atoms with Gasteiger partial charge in [-0.3, -0.25) is 9.69 Å². The lowest BCUT2D eigenvalue weighted by Crippen LogP contribution is -2.72. The molecule has 3 heterocycles. The van der Waals surface area contributed by atoms with Gasteiger partial charge in [0.05, 0.1) is 18.0 Å². The zero-order chi connectivity index (χ0) is 20.6. The topological polar surface area (TPSA) is 56.6 Å². The Morgan fingerprint density at radius 3 is 2.60 bits per heavy atom. The van der Waals surface area contributed by atoms with Gasteiger partial charge >= 0.3 is 0 Å². The molecule has 3 atom stereocenters. The van der Waals surface area contributed by atoms with E-state index >= 15 is 0 Å². The molecule has 3 aliphatic heterocycles. The van der Waals surface area contributed by atoms with Crippen molar-refractivity contribution in [1.82, 2.24) is 9.80 Å². The Morgan fingerprint density at radius 1 is 1.17 bits per heavy atom. The van der Waals surface area contributed by atoms with Crippen molar-refractivity contribution in [1.29, 1.82) is 5.26 Å². The summed E-state index contributed by atoms with van der Waals surface area (Å²) < 4.78 is 5.57. The van der Waals surface area contributed by atoms with Crippen LogP contribution < -0.4 is 0 Å². The van der Waals surface area contributed by atoms with Gasteiger partial charge in [0, 0.05) is 19.7 Å². The highest BCUT2D eigenvalue weighted by Crippen LogP contribution is 2.52. The molecule has 30 heavy (non-hydrogen) atoms. The highest BCUT2D eigenvalue weighted by atomic mass is 16.5. The van der Waals surface area contributed by atoms with Crippen LogP contribution in [-0.4, -0.2) is 60.1 Å². The third kappa shape index (κ3) is 3.88. The van der Waals surface area contributed by atoms with E-state index in [9.17, 15) is 10.1 Å². The van der Waals surface area contributed by atoms with E-state index in [1.165, 1.54) is 31.2 Å². The first kappa shape index (κ1) is 20.0. The van der Waals surface area contributed by atoms with Crippen LogP contribution in [0.4, 0.5) is 0 Å². The number of hydrogen-bond donors (Lipinski definition) is 0. The van der Waals surface area contributed by atoms with Crippen LogP contribution in [0.25, 0.3) is 0 Å². The second kappa shape index (κ2) is 8.32. The summed E-state index contributed by atoms with van der Waals surface area (Å²) in [6, 6.07) is 13.4. The summed E-state index contributed by atoms with van der Waals surface area (Å²) in [5, 5.41) is 9.45. The molecule has 1 aliphatic carbocycles. The maximum absolute atomic E-state index is 12.6. The molecule has 4 aliphatic rings. The van der Waals surface area contributed by atoms with Gasteiger partial charge in [-0.1, -0.05) is 30.3 Å². The molecule has 1 amide bonds. The Hall–Kier alpha value is -1.90. The molecule has 4 fully saturated rings. The molecule has 1 aromatic carbocycles. The van der Waals surface area contributed by atoms with Crippen LogP contribution in [0.1, 0.15) is 56.4 Å². The van der Waals surface area contributed by atoms with E-state index in [1.54, 1.807) is 0 Å². The third-order valence-corrected chi connectivity index (χ3v) is 7.97. The molecule has 0 N–H and O–H groups in total. The fraction of sp³-hybridized carbons (Fsp3) is 0.680. The van der Waals surface area contributed by atoms with Crippen molar-refractivity contribution in [3.05, 3.63) is 35.9 Å². The van der Waals surface area contributed by atoms with Crippen molar-refractivity contribution < 1.29 is 9.53 Å². The van der Waals surface area contributed by atoms with Crippen molar-refractivity contribution in [3.8, 4) is 6.07 Å². The summed E-state index contributed by atoms with van der Waals surface area (Å²) in [4.78, 5) is 17.1. The molecule has 0 aromatic heterocycles. The molecule has 5 heteroatoms. The molecule has 0 radical (unpaired) electrons. The van der Waals surface area contributed by atoms with Crippen LogP contribution in [0.3, 0.4) is 0 Å². The minimum Gasteiger partial charge on any atom is -0.368 e. The molecular formula is C25H33N3O2. The number of hydrogen-bond acceptors (Lipinski definition) is 4. The second-order valence-corrected chi connectivity index (χ2v) is 9.93. The van der Waals surface area contributed by atoms with Crippen molar-refractivity contribution in [2.24, 2.45) is 11.8 Å². The van der Waals surface area contributed by atoms with Gasteiger partial charge in [-0.15, -0.1) is 0 Å². The lowest BCUT2D eigenvalue weighted by atomic mass is 9.80. The first-order chi connectivity index (χ1) is 14.7. The second-order valence-electron chi connectivity index (χ2n) is 9.93. The molecule has 1 aromatic rings. The lowest BCUT2D eigenvalue weighted by Gasteiger charge is -2.57. The van der Waals surface area contributed by atoms with Crippen LogP contribution in [0.15, 0.2) is 30.3 Å². The summed E-state index contributed by atoms with van der Waals surface area (Å²) in [6.45, 7) is 4.23. The number of nitriles is 1. The number of ether oxygens (including phenoxy) is 1. The van der Waals surface area contributed by atoms with Crippen molar-refractivity contribution in [2.45, 2.75) is 62.5 Å². The van der Waals surface area contributed by atoms with Crippen LogP contribution >= 0.6 is 0 Å². The molecule has 1 unspecified atom stereocenters. The van der Waals surface area contributed by atoms with Crippen LogP contribution in [-0.2, 0) is 9.53 Å². The fourth-order valence-electron chi connectivity index (χ4n) is 6.05. The van der Waals surface area contributed by atoms with Gasteiger partial charge in [0.25, 0.3) is 5.91 Å². The van der Waals surface area contributed by atoms with Crippen molar-refractivity contribution in [2.75, 3.05) is 32.8 Å². The number of rotatable bonds is 6. The molecule has 0 spiro atoms. The number of likely N-dealkylation sites (tertiary alicyclic amines) is 2. The van der Waals surface area contributed by atoms with Gasteiger partial charge in [-0.05, 0) is 74.9 Å². The number of amides is 1. The van der Waals surface area contributed by atoms with Gasteiger partial charge in [0.15, 0.2) is 0 Å². The smallest absolute Gasteiger partial charge is 0.251 e. The Labute approximate surface area is 180 Å². The number of benzene rings is 1. The number of piperidine rings is 1. The van der Waals surface area contributed by atoms with E-state index in [0.29, 0.717) is 26.1 Å². The maximum Gasteiger partial charge on any atom is 0.251 e. The average molecular weight is 408 g/mol. The van der Waals surface area contributed by atoms with E-state index in [-0.39, 0.29) is 17.6 Å². The molecular weight excluding hydrogens is 374 g/mol. The van der Waals surface area contributed by atoms with Gasteiger partial charge in [0.2, 0.25) is 0 Å². The quantitative estimate of drug-likeness (QED) is 0.723. The Kier molecular flexibility index (Phi) is 5.56. The predicted octanol–water partition coefficient (Wildman–Crippen LogP) is 3.57. The first-order valence-electron chi connectivity index (χ1n) is 11.8. The highest BCUT2D eigenvalue weighted by Gasteiger charge is 2.51. The van der Waals surface area contributed by atoms with E-state index in [2.05, 4.69) is 41.3 Å². The SMILES string of the molecule is N#CCC1(N2CCC(C[C@@H]3CC3c3ccccc3)CC2)CN(C(=O)[C@@H]2CCCO2)C1. The summed E-state index contributed by atoms with van der Waals surface area (Å²) in [7, 11) is 0. The van der Waals surface area contributed by atoms with Gasteiger partial charge < -0.3 is 9.64 Å². The number of carbonyl (C=O) groups is 1. The predicted molar refractivity (Wildman–Crippen MR) is 115 cm³/mol. The largest absolute Gasteiger partial charge is 0.368 e. The Balaban J connectivity index is 1.11. The zero-order valence-corrected chi connectivity index (χ0v) is 17.8. The molecule has 5 rings (SSSR count). The first-order valence-corrected chi connectivity index (χ1v) is 11.8. The monoisotopic (exact) mass is 407 g/mol. The summed E-state index contributed by atoms with van der Waals surface area (Å²) in [6.07, 6.45) is 7.25. The normalized spacial score (nSPS) is 31.2. The van der Waals surface area contributed by atoms with E-state index in [0.717, 1.165) is 43.7 Å². The average Bonchev–Trinajstić information content (AvgIpc) is 3.29. The standard InChI is InChI=1S/C25H33N3O2/c26-11-10-25(17-27(18-25)24(29)23-7-4-14-30-23)28-12-8-19(9-13-28)15-21-16-22(21)20-5-2-1-3-6-20/h1-3,5-6,19,21-23H,4,7-10,12-18H2/t21-,22?,23+/m1/s1. The van der Waals surface area contributed by atoms with Gasteiger partial charge in [0.1, 0.15) is 6.10 Å². The molecule has 3 saturated heterocycles. The van der Waals surface area contributed by atoms with Crippen molar-refractivity contribution >= 4 is 5.91 Å². The van der Waals surface area contributed by atoms with Gasteiger partial charge in [-0.2, -0.15) is 5.26 Å². The molecule has 1 saturated carbocycles. The van der Waals surface area contributed by atoms with E-state index < -0.39 is 0 Å². The van der Waals surface area contributed by atoms with Crippen molar-refractivity contribution in [3.63, 3.8) is 0 Å².